The largest absolute Gasteiger partial charge is 0.477 e. The Hall–Kier alpha value is -2.06. The predicted octanol–water partition coefficient (Wildman–Crippen LogP) is 3.84. The number of carbonyl (C=O) groups excluding carboxylic acids is 2. The molecule has 1 aromatic rings. The third-order valence-corrected chi connectivity index (χ3v) is 9.10. The highest BCUT2D eigenvalue weighted by Gasteiger charge is 2.48. The third kappa shape index (κ3) is 6.51. The number of allylic oxidation sites excluding steroid dienone is 1. The summed E-state index contributed by atoms with van der Waals surface area (Å²) in [5, 5.41) is 10.7. The van der Waals surface area contributed by atoms with E-state index < -0.39 is 0 Å². The van der Waals surface area contributed by atoms with Crippen LogP contribution in [0.25, 0.3) is 0 Å². The minimum Gasteiger partial charge on any atom is -0.477 e. The number of nitrogens with zero attached hydrogens (tertiary/aromatic N) is 2. The van der Waals surface area contributed by atoms with Crippen molar-refractivity contribution in [1.82, 2.24) is 20.4 Å². The molecule has 6 rings (SSSR count). The van der Waals surface area contributed by atoms with Gasteiger partial charge in [-0.1, -0.05) is 25.3 Å². The van der Waals surface area contributed by atoms with Crippen LogP contribution in [0.15, 0.2) is 17.8 Å². The second kappa shape index (κ2) is 12.7. The SMILES string of the molecule is C/C(=C\Cn1ncc(C(=O)NC2C3CC4CC(C3)CC2C4)c1OCC1CCCCC1)C(=O)NCCN.Cl. The molecular formula is C28H44ClN5O3. The highest BCUT2D eigenvalue weighted by Crippen LogP contribution is 2.53. The number of nitrogens with one attached hydrogen (secondary N) is 2. The van der Waals surface area contributed by atoms with Crippen LogP contribution < -0.4 is 21.1 Å². The predicted molar refractivity (Wildman–Crippen MR) is 146 cm³/mol. The molecule has 206 valence electrons. The summed E-state index contributed by atoms with van der Waals surface area (Å²) >= 11 is 0. The van der Waals surface area contributed by atoms with E-state index in [0.717, 1.165) is 11.8 Å². The Bertz CT molecular complexity index is 943. The molecule has 1 aromatic heterocycles. The second-order valence-corrected chi connectivity index (χ2v) is 11.7. The van der Waals surface area contributed by atoms with Crippen molar-refractivity contribution in [3.05, 3.63) is 23.4 Å². The van der Waals surface area contributed by atoms with E-state index in [2.05, 4.69) is 15.7 Å². The van der Waals surface area contributed by atoms with Crippen LogP contribution in [0.3, 0.4) is 0 Å². The standard InChI is InChI=1S/C28H43N5O3.ClH/c1-18(26(34)30-9-8-29)7-10-33-28(36-17-19-5-3-2-4-6-19)24(16-31-33)27(35)32-25-22-12-20-11-21(14-22)15-23(25)13-20;/h7,16,19-23,25H,2-6,8-15,17,29H2,1H3,(H,30,34)(H,32,35);1H/b18-7+;. The van der Waals surface area contributed by atoms with E-state index in [9.17, 15) is 9.59 Å². The van der Waals surface area contributed by atoms with Gasteiger partial charge in [-0.2, -0.15) is 5.10 Å². The summed E-state index contributed by atoms with van der Waals surface area (Å²) in [5.41, 5.74) is 6.60. The van der Waals surface area contributed by atoms with Gasteiger partial charge in [0.1, 0.15) is 5.56 Å². The molecular weight excluding hydrogens is 490 g/mol. The van der Waals surface area contributed by atoms with Gasteiger partial charge in [0.05, 0.1) is 19.3 Å². The van der Waals surface area contributed by atoms with E-state index in [1.165, 1.54) is 64.2 Å². The van der Waals surface area contributed by atoms with Crippen LogP contribution in [0.5, 0.6) is 5.88 Å². The minimum absolute atomic E-state index is 0. The van der Waals surface area contributed by atoms with Crippen molar-refractivity contribution in [2.75, 3.05) is 19.7 Å². The van der Waals surface area contributed by atoms with Crippen molar-refractivity contribution in [2.45, 2.75) is 83.7 Å². The first-order chi connectivity index (χ1) is 17.5. The zero-order valence-corrected chi connectivity index (χ0v) is 22.9. The van der Waals surface area contributed by atoms with Gasteiger partial charge in [-0.3, -0.25) is 9.59 Å². The summed E-state index contributed by atoms with van der Waals surface area (Å²) in [6.45, 7) is 3.59. The molecule has 5 aliphatic rings. The lowest BCUT2D eigenvalue weighted by Gasteiger charge is -2.54. The molecule has 0 aromatic carbocycles. The molecule has 0 atom stereocenters. The molecule has 4 N–H and O–H groups in total. The monoisotopic (exact) mass is 533 g/mol. The summed E-state index contributed by atoms with van der Waals surface area (Å²) in [6, 6.07) is 0.272. The first kappa shape index (κ1) is 28.0. The Balaban J connectivity index is 0.00000320. The van der Waals surface area contributed by atoms with Crippen molar-refractivity contribution < 1.29 is 14.3 Å². The second-order valence-electron chi connectivity index (χ2n) is 11.7. The van der Waals surface area contributed by atoms with Crippen LogP contribution in [0.1, 0.15) is 81.5 Å². The van der Waals surface area contributed by atoms with E-state index in [0.29, 0.717) is 61.0 Å². The number of aromatic nitrogens is 2. The Morgan fingerprint density at radius 1 is 1.11 bits per heavy atom. The van der Waals surface area contributed by atoms with Crippen molar-refractivity contribution in [1.29, 1.82) is 0 Å². The fourth-order valence-electron chi connectivity index (χ4n) is 7.39. The molecule has 0 aliphatic heterocycles. The molecule has 1 heterocycles. The summed E-state index contributed by atoms with van der Waals surface area (Å²) in [7, 11) is 0. The Morgan fingerprint density at radius 3 is 2.43 bits per heavy atom. The van der Waals surface area contributed by atoms with Gasteiger partial charge in [0, 0.05) is 24.7 Å². The molecule has 4 bridgehead atoms. The fraction of sp³-hybridized carbons (Fsp3) is 0.750. The lowest BCUT2D eigenvalue weighted by Crippen LogP contribution is -2.55. The van der Waals surface area contributed by atoms with Crippen LogP contribution in [-0.2, 0) is 11.3 Å². The van der Waals surface area contributed by atoms with Crippen molar-refractivity contribution >= 4 is 24.2 Å². The molecule has 8 nitrogen and oxygen atoms in total. The van der Waals surface area contributed by atoms with E-state index in [1.54, 1.807) is 17.8 Å². The minimum atomic E-state index is -0.142. The van der Waals surface area contributed by atoms with Crippen LogP contribution >= 0.6 is 12.4 Å². The van der Waals surface area contributed by atoms with E-state index >= 15 is 0 Å². The van der Waals surface area contributed by atoms with Crippen LogP contribution in [-0.4, -0.2) is 47.3 Å². The van der Waals surface area contributed by atoms with Gasteiger partial charge >= 0.3 is 0 Å². The Morgan fingerprint density at radius 2 is 1.78 bits per heavy atom. The highest BCUT2D eigenvalue weighted by molar-refractivity contribution is 5.96. The zero-order valence-electron chi connectivity index (χ0n) is 22.1. The molecule has 5 saturated carbocycles. The zero-order chi connectivity index (χ0) is 25.1. The lowest BCUT2D eigenvalue weighted by molar-refractivity contribution is -0.117. The van der Waals surface area contributed by atoms with Crippen LogP contribution in [0.4, 0.5) is 0 Å². The number of halogens is 1. The van der Waals surface area contributed by atoms with Gasteiger partial charge in [-0.05, 0) is 81.5 Å². The van der Waals surface area contributed by atoms with Crippen molar-refractivity contribution in [3.8, 4) is 5.88 Å². The summed E-state index contributed by atoms with van der Waals surface area (Å²) in [4.78, 5) is 25.8. The molecule has 37 heavy (non-hydrogen) atoms. The third-order valence-electron chi connectivity index (χ3n) is 9.10. The summed E-state index contributed by atoms with van der Waals surface area (Å²) < 4.78 is 8.04. The summed E-state index contributed by atoms with van der Waals surface area (Å²) in [6.07, 6.45) is 16.0. The number of hydrogen-bond donors (Lipinski definition) is 3. The molecule has 0 radical (unpaired) electrons. The van der Waals surface area contributed by atoms with Gasteiger partial charge in [-0.15, -0.1) is 12.4 Å². The van der Waals surface area contributed by atoms with Crippen molar-refractivity contribution in [2.24, 2.45) is 35.3 Å². The summed E-state index contributed by atoms with van der Waals surface area (Å²) in [5.74, 6) is 3.80. The normalized spacial score (nSPS) is 29.0. The quantitative estimate of drug-likeness (QED) is 0.396. The van der Waals surface area contributed by atoms with Gasteiger partial charge in [0.25, 0.3) is 5.91 Å². The maximum Gasteiger partial charge on any atom is 0.258 e. The number of amides is 2. The van der Waals surface area contributed by atoms with Crippen LogP contribution in [0.2, 0.25) is 0 Å². The van der Waals surface area contributed by atoms with E-state index in [-0.39, 0.29) is 30.3 Å². The molecule has 5 aliphatic carbocycles. The molecule has 0 saturated heterocycles. The van der Waals surface area contributed by atoms with Crippen molar-refractivity contribution in [3.63, 3.8) is 0 Å². The first-order valence-corrected chi connectivity index (χ1v) is 14.2. The Labute approximate surface area is 226 Å². The number of carbonyl (C=O) groups is 2. The number of ether oxygens (including phenoxy) is 1. The van der Waals surface area contributed by atoms with Gasteiger partial charge < -0.3 is 21.1 Å². The molecule has 0 spiro atoms. The molecule has 9 heteroatoms. The van der Waals surface area contributed by atoms with Gasteiger partial charge in [-0.25, -0.2) is 4.68 Å². The first-order valence-electron chi connectivity index (χ1n) is 14.2. The maximum absolute atomic E-state index is 13.6. The molecule has 0 unspecified atom stereocenters. The lowest BCUT2D eigenvalue weighted by atomic mass is 9.54. The van der Waals surface area contributed by atoms with Gasteiger partial charge in [0.15, 0.2) is 0 Å². The molecule has 2 amide bonds. The maximum atomic E-state index is 13.6. The fourth-order valence-corrected chi connectivity index (χ4v) is 7.39. The topological polar surface area (TPSA) is 111 Å². The number of nitrogens with two attached hydrogens (primary N) is 1. The average Bonchev–Trinajstić information content (AvgIpc) is 3.29. The average molecular weight is 534 g/mol. The smallest absolute Gasteiger partial charge is 0.258 e. The van der Waals surface area contributed by atoms with E-state index in [4.69, 9.17) is 10.5 Å². The molecule has 5 fully saturated rings. The van der Waals surface area contributed by atoms with Crippen LogP contribution in [0, 0.1) is 29.6 Å². The highest BCUT2D eigenvalue weighted by atomic mass is 35.5. The number of hydrogen-bond acceptors (Lipinski definition) is 5. The van der Waals surface area contributed by atoms with Gasteiger partial charge in [0.2, 0.25) is 11.8 Å². The number of rotatable bonds is 10. The van der Waals surface area contributed by atoms with E-state index in [1.807, 2.05) is 6.08 Å². The Kier molecular flexibility index (Phi) is 9.57.